The number of halogens is 1. The summed E-state index contributed by atoms with van der Waals surface area (Å²) in [6.07, 6.45) is 6.14. The maximum Gasteiger partial charge on any atom is 0.341 e. The number of nitrogens with zero attached hydrogens (tertiary/aromatic N) is 1. The molecule has 0 saturated heterocycles. The third-order valence-corrected chi connectivity index (χ3v) is 2.88. The van der Waals surface area contributed by atoms with Gasteiger partial charge in [0, 0.05) is 13.1 Å². The van der Waals surface area contributed by atoms with Crippen molar-refractivity contribution >= 4 is 5.97 Å². The van der Waals surface area contributed by atoms with E-state index in [1.807, 2.05) is 11.9 Å². The van der Waals surface area contributed by atoms with Crippen molar-refractivity contribution in [3.63, 3.8) is 0 Å². The highest BCUT2D eigenvalue weighted by atomic mass is 19.1. The lowest BCUT2D eigenvalue weighted by Gasteiger charge is -2.25. The van der Waals surface area contributed by atoms with E-state index in [9.17, 15) is 9.18 Å². The van der Waals surface area contributed by atoms with Crippen molar-refractivity contribution in [1.29, 1.82) is 0 Å². The van der Waals surface area contributed by atoms with Crippen molar-refractivity contribution in [2.24, 2.45) is 5.92 Å². The molecule has 1 aliphatic rings. The minimum absolute atomic E-state index is 0.118. The molecule has 0 amide bonds. The standard InChI is InChI=1S/C12H20FNO2/c1-14(9-11(13)12(15)16-2)8-10-6-4-3-5-7-10/h3-4,10-11H,5-9H2,1-2H3/t10-,11-/m1/s1. The first-order chi connectivity index (χ1) is 7.63. The number of ether oxygens (including phenoxy) is 1. The van der Waals surface area contributed by atoms with Crippen molar-refractivity contribution in [2.45, 2.75) is 25.4 Å². The summed E-state index contributed by atoms with van der Waals surface area (Å²) in [7, 11) is 3.05. The number of hydrogen-bond donors (Lipinski definition) is 0. The van der Waals surface area contributed by atoms with E-state index in [0.29, 0.717) is 5.92 Å². The number of methoxy groups -OCH3 is 1. The van der Waals surface area contributed by atoms with Gasteiger partial charge < -0.3 is 9.64 Å². The quantitative estimate of drug-likeness (QED) is 0.531. The van der Waals surface area contributed by atoms with E-state index in [-0.39, 0.29) is 6.54 Å². The molecule has 3 nitrogen and oxygen atoms in total. The summed E-state index contributed by atoms with van der Waals surface area (Å²) in [6.45, 7) is 0.953. The first-order valence-electron chi connectivity index (χ1n) is 5.69. The van der Waals surface area contributed by atoms with Crippen molar-refractivity contribution in [1.82, 2.24) is 4.90 Å². The fraction of sp³-hybridized carbons (Fsp3) is 0.750. The Morgan fingerprint density at radius 2 is 2.38 bits per heavy atom. The molecule has 0 aliphatic heterocycles. The van der Waals surface area contributed by atoms with E-state index in [1.165, 1.54) is 7.11 Å². The lowest BCUT2D eigenvalue weighted by atomic mass is 9.94. The maximum atomic E-state index is 13.3. The third kappa shape index (κ3) is 4.31. The van der Waals surface area contributed by atoms with Crippen molar-refractivity contribution in [3.8, 4) is 0 Å². The van der Waals surface area contributed by atoms with E-state index >= 15 is 0 Å². The highest BCUT2D eigenvalue weighted by Gasteiger charge is 2.21. The zero-order valence-corrected chi connectivity index (χ0v) is 9.99. The normalized spacial score (nSPS) is 22.1. The molecule has 4 heteroatoms. The van der Waals surface area contributed by atoms with Crippen molar-refractivity contribution < 1.29 is 13.9 Å². The molecule has 0 saturated carbocycles. The molecule has 16 heavy (non-hydrogen) atoms. The molecule has 0 aromatic rings. The Hall–Kier alpha value is -0.900. The molecule has 0 bridgehead atoms. The second-order valence-electron chi connectivity index (χ2n) is 4.36. The molecule has 0 aromatic heterocycles. The van der Waals surface area contributed by atoms with E-state index in [2.05, 4.69) is 16.9 Å². The number of carbonyl (C=O) groups excluding carboxylic acids is 1. The summed E-state index contributed by atoms with van der Waals surface area (Å²) in [4.78, 5) is 12.8. The molecule has 1 aliphatic carbocycles. The Labute approximate surface area is 96.3 Å². The molecule has 0 unspecified atom stereocenters. The fourth-order valence-corrected chi connectivity index (χ4v) is 2.01. The lowest BCUT2D eigenvalue weighted by molar-refractivity contribution is -0.147. The second kappa shape index (κ2) is 6.63. The lowest BCUT2D eigenvalue weighted by Crippen LogP contribution is -2.35. The first-order valence-corrected chi connectivity index (χ1v) is 5.69. The van der Waals surface area contributed by atoms with Crippen LogP contribution in [0.25, 0.3) is 0 Å². The van der Waals surface area contributed by atoms with Gasteiger partial charge in [0.2, 0.25) is 6.17 Å². The molecular formula is C12H20FNO2. The summed E-state index contributed by atoms with van der Waals surface area (Å²) in [5.74, 6) is -0.199. The average molecular weight is 229 g/mol. The smallest absolute Gasteiger partial charge is 0.341 e. The summed E-state index contributed by atoms with van der Waals surface area (Å²) >= 11 is 0. The Bertz CT molecular complexity index is 255. The molecule has 0 heterocycles. The fourth-order valence-electron chi connectivity index (χ4n) is 2.01. The van der Waals surface area contributed by atoms with Crippen LogP contribution in [-0.4, -0.2) is 44.3 Å². The Balaban J connectivity index is 2.26. The molecule has 92 valence electrons. The number of allylic oxidation sites excluding steroid dienone is 2. The van der Waals surface area contributed by atoms with E-state index in [4.69, 9.17) is 0 Å². The summed E-state index contributed by atoms with van der Waals surface area (Å²) in [5, 5.41) is 0. The van der Waals surface area contributed by atoms with Crippen LogP contribution in [0.2, 0.25) is 0 Å². The van der Waals surface area contributed by atoms with Crippen LogP contribution in [0.4, 0.5) is 4.39 Å². The molecule has 0 aromatic carbocycles. The predicted octanol–water partition coefficient (Wildman–Crippen LogP) is 1.79. The van der Waals surface area contributed by atoms with Gasteiger partial charge in [-0.15, -0.1) is 0 Å². The minimum atomic E-state index is -1.53. The van der Waals surface area contributed by atoms with Gasteiger partial charge in [-0.1, -0.05) is 12.2 Å². The van der Waals surface area contributed by atoms with Crippen LogP contribution in [-0.2, 0) is 9.53 Å². The van der Waals surface area contributed by atoms with Gasteiger partial charge in [-0.3, -0.25) is 0 Å². The number of esters is 1. The van der Waals surface area contributed by atoms with E-state index in [0.717, 1.165) is 25.8 Å². The van der Waals surface area contributed by atoms with Gasteiger partial charge in [-0.25, -0.2) is 9.18 Å². The van der Waals surface area contributed by atoms with Gasteiger partial charge in [0.1, 0.15) is 0 Å². The monoisotopic (exact) mass is 229 g/mol. The molecule has 0 spiro atoms. The van der Waals surface area contributed by atoms with E-state index < -0.39 is 12.1 Å². The van der Waals surface area contributed by atoms with Crippen LogP contribution in [0.1, 0.15) is 19.3 Å². The molecule has 0 N–H and O–H groups in total. The number of rotatable bonds is 5. The zero-order chi connectivity index (χ0) is 12.0. The van der Waals surface area contributed by atoms with Gasteiger partial charge in [-0.05, 0) is 32.2 Å². The molecular weight excluding hydrogens is 209 g/mol. The van der Waals surface area contributed by atoms with Crippen LogP contribution in [0.5, 0.6) is 0 Å². The van der Waals surface area contributed by atoms with Crippen LogP contribution in [0.15, 0.2) is 12.2 Å². The first kappa shape index (κ1) is 13.2. The van der Waals surface area contributed by atoms with Crippen LogP contribution in [0, 0.1) is 5.92 Å². The molecule has 0 fully saturated rings. The zero-order valence-electron chi connectivity index (χ0n) is 9.99. The van der Waals surface area contributed by atoms with Crippen molar-refractivity contribution in [3.05, 3.63) is 12.2 Å². The number of alkyl halides is 1. The van der Waals surface area contributed by atoms with Gasteiger partial charge >= 0.3 is 5.97 Å². The Morgan fingerprint density at radius 1 is 1.62 bits per heavy atom. The summed E-state index contributed by atoms with van der Waals surface area (Å²) in [5.41, 5.74) is 0. The van der Waals surface area contributed by atoms with Gasteiger partial charge in [0.05, 0.1) is 7.11 Å². The highest BCUT2D eigenvalue weighted by Crippen LogP contribution is 2.18. The van der Waals surface area contributed by atoms with Gasteiger partial charge in [0.15, 0.2) is 0 Å². The second-order valence-corrected chi connectivity index (χ2v) is 4.36. The molecule has 2 atom stereocenters. The third-order valence-electron chi connectivity index (χ3n) is 2.88. The summed E-state index contributed by atoms with van der Waals surface area (Å²) < 4.78 is 17.6. The number of hydrogen-bond acceptors (Lipinski definition) is 3. The highest BCUT2D eigenvalue weighted by molar-refractivity contribution is 5.74. The average Bonchev–Trinajstić information content (AvgIpc) is 2.29. The molecule has 1 rings (SSSR count). The number of carbonyl (C=O) groups is 1. The molecule has 0 radical (unpaired) electrons. The van der Waals surface area contributed by atoms with Gasteiger partial charge in [-0.2, -0.15) is 0 Å². The van der Waals surface area contributed by atoms with Crippen LogP contribution in [0.3, 0.4) is 0 Å². The Kier molecular flexibility index (Phi) is 5.46. The SMILES string of the molecule is COC(=O)[C@H](F)CN(C)C[C@@H]1CC=CCC1. The summed E-state index contributed by atoms with van der Waals surface area (Å²) in [6, 6.07) is 0. The predicted molar refractivity (Wildman–Crippen MR) is 60.9 cm³/mol. The topological polar surface area (TPSA) is 29.5 Å². The maximum absolute atomic E-state index is 13.3. The van der Waals surface area contributed by atoms with Gasteiger partial charge in [0.25, 0.3) is 0 Å². The largest absolute Gasteiger partial charge is 0.467 e. The Morgan fingerprint density at radius 3 is 2.94 bits per heavy atom. The van der Waals surface area contributed by atoms with Crippen LogP contribution < -0.4 is 0 Å². The minimum Gasteiger partial charge on any atom is -0.467 e. The van der Waals surface area contributed by atoms with Crippen LogP contribution >= 0.6 is 0 Å². The van der Waals surface area contributed by atoms with E-state index in [1.54, 1.807) is 0 Å². The van der Waals surface area contributed by atoms with Crippen molar-refractivity contribution in [2.75, 3.05) is 27.2 Å².